The number of aryl methyl sites for hydroxylation is 2. The molecule has 4 rings (SSSR count). The Kier molecular flexibility index (Phi) is 4.87. The maximum atomic E-state index is 12.6. The van der Waals surface area contributed by atoms with E-state index in [2.05, 4.69) is 15.4 Å². The molecular formula is C20H20N4O3S. The molecule has 0 fully saturated rings. The van der Waals surface area contributed by atoms with Crippen molar-refractivity contribution in [1.29, 1.82) is 0 Å². The predicted molar refractivity (Wildman–Crippen MR) is 109 cm³/mol. The molecule has 0 spiro atoms. The van der Waals surface area contributed by atoms with Gasteiger partial charge in [0.15, 0.2) is 22.2 Å². The molecule has 0 aliphatic carbocycles. The van der Waals surface area contributed by atoms with E-state index in [4.69, 9.17) is 9.15 Å². The van der Waals surface area contributed by atoms with Crippen LogP contribution in [0.2, 0.25) is 0 Å². The number of benzene rings is 1. The van der Waals surface area contributed by atoms with Gasteiger partial charge in [0, 0.05) is 17.3 Å². The van der Waals surface area contributed by atoms with E-state index in [-0.39, 0.29) is 5.91 Å². The van der Waals surface area contributed by atoms with Gasteiger partial charge in [-0.3, -0.25) is 14.8 Å². The van der Waals surface area contributed by atoms with Crippen molar-refractivity contribution in [3.8, 4) is 17.2 Å². The fourth-order valence-electron chi connectivity index (χ4n) is 3.01. The molecule has 1 amide bonds. The van der Waals surface area contributed by atoms with Crippen LogP contribution in [0, 0.1) is 6.92 Å². The average molecular weight is 396 g/mol. The maximum absolute atomic E-state index is 12.6. The number of para-hydroxylation sites is 1. The molecule has 3 aromatic heterocycles. The Labute approximate surface area is 166 Å². The van der Waals surface area contributed by atoms with E-state index in [0.717, 1.165) is 11.1 Å². The minimum absolute atomic E-state index is 0.230. The summed E-state index contributed by atoms with van der Waals surface area (Å²) in [7, 11) is 0. The van der Waals surface area contributed by atoms with Gasteiger partial charge < -0.3 is 9.15 Å². The summed E-state index contributed by atoms with van der Waals surface area (Å²) in [5, 5.41) is 10.5. The van der Waals surface area contributed by atoms with Crippen molar-refractivity contribution in [1.82, 2.24) is 14.8 Å². The Hall–Kier alpha value is -3.13. The highest BCUT2D eigenvalue weighted by Crippen LogP contribution is 2.34. The van der Waals surface area contributed by atoms with Crippen LogP contribution >= 0.6 is 11.3 Å². The molecule has 0 saturated carbocycles. The van der Waals surface area contributed by atoms with E-state index in [1.807, 2.05) is 50.4 Å². The van der Waals surface area contributed by atoms with Gasteiger partial charge in [-0.2, -0.15) is 5.10 Å². The molecule has 8 heteroatoms. The highest BCUT2D eigenvalue weighted by atomic mass is 32.1. The SMILES string of the molecule is CCOc1cccc2cc(-c3csc(NC(=O)c4cc(C)nn4CC)n3)oc12. The fourth-order valence-corrected chi connectivity index (χ4v) is 3.70. The van der Waals surface area contributed by atoms with Crippen LogP contribution in [0.1, 0.15) is 30.0 Å². The lowest BCUT2D eigenvalue weighted by Crippen LogP contribution is -2.17. The summed E-state index contributed by atoms with van der Waals surface area (Å²) < 4.78 is 13.3. The first kappa shape index (κ1) is 18.2. The number of nitrogens with zero attached hydrogens (tertiary/aromatic N) is 3. The number of fused-ring (bicyclic) bond motifs is 1. The molecule has 0 unspecified atom stereocenters. The predicted octanol–water partition coefficient (Wildman–Crippen LogP) is 4.73. The molecule has 0 saturated heterocycles. The molecule has 0 aliphatic rings. The summed E-state index contributed by atoms with van der Waals surface area (Å²) in [6.07, 6.45) is 0. The van der Waals surface area contributed by atoms with Gasteiger partial charge in [0.1, 0.15) is 11.4 Å². The standard InChI is InChI=1S/C20H20N4O3S/c1-4-24-15(9-12(3)23-24)19(25)22-20-21-14(11-28-20)17-10-13-7-6-8-16(26-5-2)18(13)27-17/h6-11H,4-5H2,1-3H3,(H,21,22,25). The lowest BCUT2D eigenvalue weighted by atomic mass is 10.2. The Balaban J connectivity index is 1.58. The van der Waals surface area contributed by atoms with Crippen LogP contribution in [-0.4, -0.2) is 27.3 Å². The number of carbonyl (C=O) groups is 1. The Morgan fingerprint density at radius 1 is 1.32 bits per heavy atom. The van der Waals surface area contributed by atoms with Gasteiger partial charge in [0.05, 0.1) is 12.3 Å². The molecule has 1 N–H and O–H groups in total. The molecule has 28 heavy (non-hydrogen) atoms. The largest absolute Gasteiger partial charge is 0.490 e. The lowest BCUT2D eigenvalue weighted by molar-refractivity contribution is 0.101. The second-order valence-electron chi connectivity index (χ2n) is 6.20. The average Bonchev–Trinajstić information content (AvgIpc) is 3.39. The third kappa shape index (κ3) is 3.38. The first-order valence-electron chi connectivity index (χ1n) is 9.06. The van der Waals surface area contributed by atoms with Crippen LogP contribution in [0.15, 0.2) is 40.1 Å². The van der Waals surface area contributed by atoms with Gasteiger partial charge >= 0.3 is 0 Å². The summed E-state index contributed by atoms with van der Waals surface area (Å²) in [5.41, 5.74) is 2.68. The van der Waals surface area contributed by atoms with Crippen LogP contribution < -0.4 is 10.1 Å². The van der Waals surface area contributed by atoms with Crippen molar-refractivity contribution in [2.45, 2.75) is 27.3 Å². The van der Waals surface area contributed by atoms with E-state index < -0.39 is 0 Å². The van der Waals surface area contributed by atoms with E-state index >= 15 is 0 Å². The molecule has 144 valence electrons. The number of anilines is 1. The molecule has 4 aromatic rings. The summed E-state index contributed by atoms with van der Waals surface area (Å²) in [5.74, 6) is 1.11. The Morgan fingerprint density at radius 3 is 2.96 bits per heavy atom. The molecular weight excluding hydrogens is 376 g/mol. The number of amides is 1. The second kappa shape index (κ2) is 7.47. The number of carbonyl (C=O) groups excluding carboxylic acids is 1. The van der Waals surface area contributed by atoms with E-state index in [1.165, 1.54) is 11.3 Å². The zero-order chi connectivity index (χ0) is 19.7. The molecule has 7 nitrogen and oxygen atoms in total. The third-order valence-corrected chi connectivity index (χ3v) is 4.98. The highest BCUT2D eigenvalue weighted by Gasteiger charge is 2.17. The topological polar surface area (TPSA) is 82.2 Å². The van der Waals surface area contributed by atoms with Crippen LogP contribution in [-0.2, 0) is 6.54 Å². The van der Waals surface area contributed by atoms with Crippen LogP contribution in [0.25, 0.3) is 22.4 Å². The van der Waals surface area contributed by atoms with E-state index in [0.29, 0.717) is 46.8 Å². The molecule has 0 atom stereocenters. The van der Waals surface area contributed by atoms with E-state index in [1.54, 1.807) is 10.7 Å². The highest BCUT2D eigenvalue weighted by molar-refractivity contribution is 7.14. The lowest BCUT2D eigenvalue weighted by Gasteiger charge is -2.03. The van der Waals surface area contributed by atoms with Crippen molar-refractivity contribution < 1.29 is 13.9 Å². The van der Waals surface area contributed by atoms with Crippen LogP contribution in [0.5, 0.6) is 5.75 Å². The number of thiazole rings is 1. The molecule has 3 heterocycles. The minimum atomic E-state index is -0.230. The summed E-state index contributed by atoms with van der Waals surface area (Å²) in [4.78, 5) is 17.1. The summed E-state index contributed by atoms with van der Waals surface area (Å²) >= 11 is 1.35. The normalized spacial score (nSPS) is 11.1. The molecule has 0 aliphatic heterocycles. The number of furan rings is 1. The number of nitrogens with one attached hydrogen (secondary N) is 1. The molecule has 1 aromatic carbocycles. The molecule has 0 bridgehead atoms. The number of hydrogen-bond donors (Lipinski definition) is 1. The van der Waals surface area contributed by atoms with Gasteiger partial charge in [-0.05, 0) is 39.0 Å². The van der Waals surface area contributed by atoms with Gasteiger partial charge in [0.25, 0.3) is 5.91 Å². The first-order valence-corrected chi connectivity index (χ1v) is 9.94. The number of rotatable bonds is 6. The van der Waals surface area contributed by atoms with Crippen LogP contribution in [0.4, 0.5) is 5.13 Å². The van der Waals surface area contributed by atoms with Crippen molar-refractivity contribution in [3.05, 3.63) is 47.1 Å². The molecule has 0 radical (unpaired) electrons. The van der Waals surface area contributed by atoms with Crippen LogP contribution in [0.3, 0.4) is 0 Å². The van der Waals surface area contributed by atoms with Gasteiger partial charge in [0.2, 0.25) is 0 Å². The first-order chi connectivity index (χ1) is 13.6. The van der Waals surface area contributed by atoms with Crippen molar-refractivity contribution in [2.75, 3.05) is 11.9 Å². The van der Waals surface area contributed by atoms with E-state index in [9.17, 15) is 4.79 Å². The zero-order valence-electron chi connectivity index (χ0n) is 15.9. The van der Waals surface area contributed by atoms with Crippen molar-refractivity contribution in [3.63, 3.8) is 0 Å². The smallest absolute Gasteiger partial charge is 0.275 e. The number of aromatic nitrogens is 3. The zero-order valence-corrected chi connectivity index (χ0v) is 16.7. The summed E-state index contributed by atoms with van der Waals surface area (Å²) in [6.45, 7) is 6.94. The Bertz CT molecular complexity index is 1140. The monoisotopic (exact) mass is 396 g/mol. The number of ether oxygens (including phenoxy) is 1. The maximum Gasteiger partial charge on any atom is 0.275 e. The number of hydrogen-bond acceptors (Lipinski definition) is 6. The van der Waals surface area contributed by atoms with Gasteiger partial charge in [-0.15, -0.1) is 11.3 Å². The third-order valence-electron chi connectivity index (χ3n) is 4.22. The summed E-state index contributed by atoms with van der Waals surface area (Å²) in [6, 6.07) is 9.47. The van der Waals surface area contributed by atoms with Crippen molar-refractivity contribution in [2.24, 2.45) is 0 Å². The second-order valence-corrected chi connectivity index (χ2v) is 7.06. The quantitative estimate of drug-likeness (QED) is 0.509. The minimum Gasteiger partial charge on any atom is -0.490 e. The van der Waals surface area contributed by atoms with Crippen molar-refractivity contribution >= 4 is 33.3 Å². The fraction of sp³-hybridized carbons (Fsp3) is 0.250. The van der Waals surface area contributed by atoms with Gasteiger partial charge in [-0.25, -0.2) is 4.98 Å². The Morgan fingerprint density at radius 2 is 2.18 bits per heavy atom. The van der Waals surface area contributed by atoms with Gasteiger partial charge in [-0.1, -0.05) is 12.1 Å².